The summed E-state index contributed by atoms with van der Waals surface area (Å²) in [4.78, 5) is 18.1. The molecule has 0 aromatic heterocycles. The van der Waals surface area contributed by atoms with Crippen LogP contribution in [0.5, 0.6) is 0 Å². The van der Waals surface area contributed by atoms with E-state index in [0.717, 1.165) is 7.05 Å². The van der Waals surface area contributed by atoms with Crippen molar-refractivity contribution in [3.63, 3.8) is 0 Å². The summed E-state index contributed by atoms with van der Waals surface area (Å²) in [5.41, 5.74) is 0.463. The van der Waals surface area contributed by atoms with E-state index in [2.05, 4.69) is 13.2 Å². The summed E-state index contributed by atoms with van der Waals surface area (Å²) in [6, 6.07) is 0. The Morgan fingerprint density at radius 2 is 2.00 bits per heavy atom. The smallest absolute Gasteiger partial charge is 0.194 e. The molecule has 0 spiro atoms. The van der Waals surface area contributed by atoms with Crippen LogP contribution in [0.3, 0.4) is 0 Å². The van der Waals surface area contributed by atoms with E-state index in [1.54, 1.807) is 18.2 Å². The number of hydrogen-bond acceptors (Lipinski definition) is 3. The van der Waals surface area contributed by atoms with E-state index in [-0.39, 0.29) is 0 Å². The van der Waals surface area contributed by atoms with Crippen molar-refractivity contribution in [2.45, 2.75) is 0 Å². The Labute approximate surface area is 71.0 Å². The highest BCUT2D eigenvalue weighted by atomic mass is 16.6. The molecule has 4 heteroatoms. The minimum absolute atomic E-state index is 0.463. The quantitative estimate of drug-likeness (QED) is 0.211. The van der Waals surface area contributed by atoms with Crippen LogP contribution in [0.15, 0.2) is 37.0 Å². The summed E-state index contributed by atoms with van der Waals surface area (Å²) >= 11 is 0. The summed E-state index contributed by atoms with van der Waals surface area (Å²) in [6.45, 7) is 6.83. The molecular formula is C8H11NO3. The van der Waals surface area contributed by atoms with Crippen LogP contribution in [0.2, 0.25) is 0 Å². The lowest BCUT2D eigenvalue weighted by atomic mass is 10.3. The molecule has 0 amide bonds. The highest BCUT2D eigenvalue weighted by Gasteiger charge is 1.75. The zero-order valence-electron chi connectivity index (χ0n) is 6.90. The van der Waals surface area contributed by atoms with Crippen molar-refractivity contribution in [3.8, 4) is 0 Å². The van der Waals surface area contributed by atoms with E-state index in [1.165, 1.54) is 0 Å². The fourth-order valence-electron chi connectivity index (χ4n) is 0.231. The van der Waals surface area contributed by atoms with Crippen LogP contribution < -0.4 is 0 Å². The third kappa shape index (κ3) is 23.9. The van der Waals surface area contributed by atoms with Crippen molar-refractivity contribution in [1.82, 2.24) is 0 Å². The predicted molar refractivity (Wildman–Crippen MR) is 47.5 cm³/mol. The van der Waals surface area contributed by atoms with Crippen molar-refractivity contribution >= 4 is 6.29 Å². The van der Waals surface area contributed by atoms with Crippen molar-refractivity contribution in [2.75, 3.05) is 7.05 Å². The second-order valence-corrected chi connectivity index (χ2v) is 1.73. The average Bonchev–Trinajstić information content (AvgIpc) is 1.99. The lowest BCUT2D eigenvalue weighted by Gasteiger charge is -1.76. The monoisotopic (exact) mass is 169 g/mol. The molecule has 0 aliphatic carbocycles. The Kier molecular flexibility index (Phi) is 10.0. The van der Waals surface area contributed by atoms with Gasteiger partial charge in [0.25, 0.3) is 0 Å². The highest BCUT2D eigenvalue weighted by molar-refractivity contribution is 5.76. The van der Waals surface area contributed by atoms with Gasteiger partial charge in [-0.25, -0.2) is 0 Å². The Morgan fingerprint density at radius 1 is 1.58 bits per heavy atom. The molecule has 0 radical (unpaired) electrons. The minimum atomic E-state index is -0.500. The van der Waals surface area contributed by atoms with E-state index >= 15 is 0 Å². The second kappa shape index (κ2) is 9.29. The van der Waals surface area contributed by atoms with Gasteiger partial charge in [-0.05, 0) is 0 Å². The Morgan fingerprint density at radius 3 is 2.25 bits per heavy atom. The number of rotatable bonds is 3. The summed E-state index contributed by atoms with van der Waals surface area (Å²) in [7, 11) is 0.889. The van der Waals surface area contributed by atoms with E-state index in [0.29, 0.717) is 11.9 Å². The lowest BCUT2D eigenvalue weighted by molar-refractivity contribution is -0.445. The number of allylic oxidation sites excluding steroid dienone is 4. The van der Waals surface area contributed by atoms with Crippen LogP contribution in [0, 0.1) is 10.1 Å². The molecule has 0 saturated carbocycles. The first-order valence-corrected chi connectivity index (χ1v) is 3.05. The first-order chi connectivity index (χ1) is 5.54. The third-order valence-corrected chi connectivity index (χ3v) is 0.598. The number of carbonyl (C=O) groups excluding carboxylic acids is 1. The number of nitro groups is 1. The molecule has 0 rings (SSSR count). The predicted octanol–water partition coefficient (Wildman–Crippen LogP) is 1.38. The van der Waals surface area contributed by atoms with Gasteiger partial charge in [0.2, 0.25) is 0 Å². The molecule has 0 heterocycles. The van der Waals surface area contributed by atoms with E-state index in [4.69, 9.17) is 10.1 Å². The molecule has 0 fully saturated rings. The van der Waals surface area contributed by atoms with Gasteiger partial charge < -0.3 is 0 Å². The van der Waals surface area contributed by atoms with Crippen LogP contribution in [0.1, 0.15) is 0 Å². The molecule has 0 aliphatic rings. The number of hydrogen-bond donors (Lipinski definition) is 0. The van der Waals surface area contributed by atoms with Crippen LogP contribution in [0.4, 0.5) is 0 Å². The largest absolute Gasteiger partial charge is 0.298 e. The van der Waals surface area contributed by atoms with Crippen molar-refractivity contribution in [3.05, 3.63) is 47.1 Å². The molecule has 0 N–H and O–H groups in total. The molecule has 0 bridgehead atoms. The molecule has 0 saturated heterocycles. The maximum atomic E-state index is 9.83. The zero-order chi connectivity index (χ0) is 9.98. The molecule has 66 valence electrons. The number of carbonyl (C=O) groups is 1. The SMILES string of the molecule is C=C/C=C\C(=C)C=O.C[N+](=O)[O-]. The average molecular weight is 169 g/mol. The van der Waals surface area contributed by atoms with Crippen molar-refractivity contribution in [1.29, 1.82) is 0 Å². The maximum absolute atomic E-state index is 9.83. The molecular weight excluding hydrogens is 158 g/mol. The molecule has 4 nitrogen and oxygen atoms in total. The zero-order valence-corrected chi connectivity index (χ0v) is 6.90. The highest BCUT2D eigenvalue weighted by Crippen LogP contribution is 1.85. The topological polar surface area (TPSA) is 60.2 Å². The van der Waals surface area contributed by atoms with Crippen molar-refractivity contribution in [2.24, 2.45) is 0 Å². The lowest BCUT2D eigenvalue weighted by Crippen LogP contribution is -1.79. The molecule has 12 heavy (non-hydrogen) atoms. The number of aldehydes is 1. The standard InChI is InChI=1S/C7H8O.CH3NO2/c1-3-4-5-7(2)6-8;1-2(3)4/h3-6H,1-2H2;1H3/b5-4-;. The van der Waals surface area contributed by atoms with Gasteiger partial charge in [-0.2, -0.15) is 0 Å². The first kappa shape index (κ1) is 12.9. The van der Waals surface area contributed by atoms with Gasteiger partial charge in [-0.3, -0.25) is 14.9 Å². The van der Waals surface area contributed by atoms with Crippen LogP contribution in [-0.2, 0) is 4.79 Å². The Bertz CT molecular complexity index is 202. The van der Waals surface area contributed by atoms with Gasteiger partial charge in [0.05, 0.1) is 0 Å². The molecule has 0 atom stereocenters. The third-order valence-electron chi connectivity index (χ3n) is 0.598. The second-order valence-electron chi connectivity index (χ2n) is 1.73. The Balaban J connectivity index is 0. The van der Waals surface area contributed by atoms with Crippen molar-refractivity contribution < 1.29 is 9.72 Å². The van der Waals surface area contributed by atoms with Crippen LogP contribution in [-0.4, -0.2) is 18.3 Å². The fourth-order valence-corrected chi connectivity index (χ4v) is 0.231. The van der Waals surface area contributed by atoms with Gasteiger partial charge in [-0.1, -0.05) is 31.4 Å². The minimum Gasteiger partial charge on any atom is -0.298 e. The van der Waals surface area contributed by atoms with E-state index in [1.807, 2.05) is 0 Å². The summed E-state index contributed by atoms with van der Waals surface area (Å²) in [6.07, 6.45) is 5.55. The Hall–Kier alpha value is -1.71. The molecule has 0 aliphatic heterocycles. The van der Waals surface area contributed by atoms with Crippen LogP contribution in [0.25, 0.3) is 0 Å². The first-order valence-electron chi connectivity index (χ1n) is 3.05. The molecule has 0 unspecified atom stereocenters. The van der Waals surface area contributed by atoms with Gasteiger partial charge in [0.1, 0.15) is 6.29 Å². The van der Waals surface area contributed by atoms with Gasteiger partial charge in [-0.15, -0.1) is 0 Å². The van der Waals surface area contributed by atoms with Gasteiger partial charge in [0, 0.05) is 10.5 Å². The summed E-state index contributed by atoms with van der Waals surface area (Å²) in [5, 5.41) is 8.81. The summed E-state index contributed by atoms with van der Waals surface area (Å²) < 4.78 is 0. The molecule has 0 aromatic rings. The summed E-state index contributed by atoms with van der Waals surface area (Å²) in [5.74, 6) is 0. The number of nitrogens with zero attached hydrogens (tertiary/aromatic N) is 1. The van der Waals surface area contributed by atoms with Gasteiger partial charge in [0.15, 0.2) is 7.05 Å². The van der Waals surface area contributed by atoms with Gasteiger partial charge >= 0.3 is 0 Å². The maximum Gasteiger partial charge on any atom is 0.194 e. The molecule has 0 aromatic carbocycles. The van der Waals surface area contributed by atoms with E-state index in [9.17, 15) is 4.79 Å². The fraction of sp³-hybridized carbons (Fsp3) is 0.125. The van der Waals surface area contributed by atoms with E-state index < -0.39 is 4.92 Å². The normalized spacial score (nSPS) is 8.08. The van der Waals surface area contributed by atoms with Crippen LogP contribution >= 0.6 is 0 Å².